The molecule has 0 amide bonds. The van der Waals surface area contributed by atoms with E-state index in [2.05, 4.69) is 40.5 Å². The van der Waals surface area contributed by atoms with Gasteiger partial charge in [-0.3, -0.25) is 5.01 Å². The fraction of sp³-hybridized carbons (Fsp3) is 0.462. The number of hydrogen-bond acceptors (Lipinski definition) is 2. The molecule has 0 spiro atoms. The van der Waals surface area contributed by atoms with Gasteiger partial charge >= 0.3 is 0 Å². The van der Waals surface area contributed by atoms with E-state index in [1.165, 1.54) is 12.8 Å². The van der Waals surface area contributed by atoms with Crippen molar-refractivity contribution in [2.24, 2.45) is 0 Å². The Bertz CT molecular complexity index is 434. The highest BCUT2D eigenvalue weighted by Crippen LogP contribution is 2.24. The van der Waals surface area contributed by atoms with E-state index in [0.717, 1.165) is 21.7 Å². The Balaban J connectivity index is 2.11. The third-order valence-electron chi connectivity index (χ3n) is 3.06. The second kappa shape index (κ2) is 5.55. The third-order valence-corrected chi connectivity index (χ3v) is 3.87. The predicted molar refractivity (Wildman–Crippen MR) is 83.4 cm³/mol. The third kappa shape index (κ3) is 3.02. The van der Waals surface area contributed by atoms with Crippen LogP contribution in [0, 0.1) is 0 Å². The molecule has 0 radical (unpaired) electrons. The fourth-order valence-electron chi connectivity index (χ4n) is 2.04. The van der Waals surface area contributed by atoms with E-state index in [1.807, 2.05) is 29.3 Å². The Hall–Kier alpha value is -0.650. The van der Waals surface area contributed by atoms with Crippen molar-refractivity contribution < 1.29 is 0 Å². The second-order valence-electron chi connectivity index (χ2n) is 4.79. The van der Waals surface area contributed by atoms with Crippen LogP contribution in [-0.4, -0.2) is 10.8 Å². The standard InChI is InChI=1S/C13H18BrN3S/c1-3-4-9-13(2)15-12(18)17(16-13)11-7-5-10(14)6-8-11/h5-8,16H,3-4,9H2,1-2H3,(H,15,18)/t13-/m1/s1. The average Bonchev–Trinajstić information content (AvgIpc) is 2.64. The fourth-order valence-corrected chi connectivity index (χ4v) is 2.68. The Morgan fingerprint density at radius 3 is 2.61 bits per heavy atom. The highest BCUT2D eigenvalue weighted by Gasteiger charge is 2.35. The van der Waals surface area contributed by atoms with Crippen molar-refractivity contribution >= 4 is 38.9 Å². The summed E-state index contributed by atoms with van der Waals surface area (Å²) in [6, 6.07) is 8.11. The molecule has 1 aliphatic heterocycles. The summed E-state index contributed by atoms with van der Waals surface area (Å²) in [5, 5.41) is 6.04. The zero-order valence-electron chi connectivity index (χ0n) is 10.7. The normalized spacial score (nSPS) is 23.3. The maximum absolute atomic E-state index is 5.40. The van der Waals surface area contributed by atoms with E-state index in [1.54, 1.807) is 0 Å². The molecule has 1 heterocycles. The molecule has 1 saturated heterocycles. The van der Waals surface area contributed by atoms with Crippen LogP contribution in [0.1, 0.15) is 33.1 Å². The molecule has 0 aromatic heterocycles. The molecule has 1 fully saturated rings. The Morgan fingerprint density at radius 1 is 1.33 bits per heavy atom. The molecule has 1 aromatic carbocycles. The quantitative estimate of drug-likeness (QED) is 0.827. The lowest BCUT2D eigenvalue weighted by Crippen LogP contribution is -2.48. The number of anilines is 1. The van der Waals surface area contributed by atoms with E-state index in [0.29, 0.717) is 0 Å². The topological polar surface area (TPSA) is 27.3 Å². The number of halogens is 1. The molecule has 0 bridgehead atoms. The van der Waals surface area contributed by atoms with Gasteiger partial charge in [0.05, 0.1) is 5.69 Å². The molecule has 1 aliphatic rings. The Labute approximate surface area is 122 Å². The highest BCUT2D eigenvalue weighted by molar-refractivity contribution is 9.10. The van der Waals surface area contributed by atoms with E-state index in [9.17, 15) is 0 Å². The zero-order chi connectivity index (χ0) is 13.2. The van der Waals surface area contributed by atoms with Crippen LogP contribution in [-0.2, 0) is 0 Å². The van der Waals surface area contributed by atoms with Crippen molar-refractivity contribution in [2.75, 3.05) is 5.01 Å². The van der Waals surface area contributed by atoms with Crippen LogP contribution in [0.3, 0.4) is 0 Å². The maximum Gasteiger partial charge on any atom is 0.189 e. The van der Waals surface area contributed by atoms with Gasteiger partial charge < -0.3 is 5.32 Å². The second-order valence-corrected chi connectivity index (χ2v) is 6.09. The number of nitrogens with zero attached hydrogens (tertiary/aromatic N) is 1. The van der Waals surface area contributed by atoms with Crippen molar-refractivity contribution in [2.45, 2.75) is 38.8 Å². The summed E-state index contributed by atoms with van der Waals surface area (Å²) in [4.78, 5) is 0. The van der Waals surface area contributed by atoms with Crippen LogP contribution in [0.4, 0.5) is 5.69 Å². The zero-order valence-corrected chi connectivity index (χ0v) is 13.1. The van der Waals surface area contributed by atoms with Gasteiger partial charge in [-0.1, -0.05) is 29.3 Å². The van der Waals surface area contributed by atoms with E-state index < -0.39 is 0 Å². The van der Waals surface area contributed by atoms with Crippen molar-refractivity contribution in [3.05, 3.63) is 28.7 Å². The minimum atomic E-state index is -0.139. The number of thiocarbonyl (C=S) groups is 1. The van der Waals surface area contributed by atoms with Crippen molar-refractivity contribution in [3.63, 3.8) is 0 Å². The number of hydrogen-bond donors (Lipinski definition) is 2. The van der Waals surface area contributed by atoms with Gasteiger partial charge in [-0.05, 0) is 56.2 Å². The Kier molecular flexibility index (Phi) is 4.25. The largest absolute Gasteiger partial charge is 0.342 e. The molecule has 98 valence electrons. The van der Waals surface area contributed by atoms with Gasteiger partial charge in [-0.25, -0.2) is 5.43 Å². The summed E-state index contributed by atoms with van der Waals surface area (Å²) >= 11 is 8.83. The van der Waals surface area contributed by atoms with Crippen LogP contribution in [0.15, 0.2) is 28.7 Å². The first-order valence-electron chi connectivity index (χ1n) is 6.20. The minimum absolute atomic E-state index is 0.139. The van der Waals surface area contributed by atoms with Crippen molar-refractivity contribution in [3.8, 4) is 0 Å². The monoisotopic (exact) mass is 327 g/mol. The lowest BCUT2D eigenvalue weighted by atomic mass is 10.1. The summed E-state index contributed by atoms with van der Waals surface area (Å²) in [7, 11) is 0. The molecule has 1 atom stereocenters. The molecule has 0 aliphatic carbocycles. The predicted octanol–water partition coefficient (Wildman–Crippen LogP) is 3.55. The summed E-state index contributed by atoms with van der Waals surface area (Å²) in [6.07, 6.45) is 3.41. The summed E-state index contributed by atoms with van der Waals surface area (Å²) in [6.45, 7) is 4.34. The SMILES string of the molecule is CCCC[C@]1(C)NC(=S)N(c2ccc(Br)cc2)N1. The summed E-state index contributed by atoms with van der Waals surface area (Å²) in [5.41, 5.74) is 4.37. The van der Waals surface area contributed by atoms with Crippen LogP contribution in [0.5, 0.6) is 0 Å². The van der Waals surface area contributed by atoms with Crippen molar-refractivity contribution in [1.82, 2.24) is 10.7 Å². The molecule has 18 heavy (non-hydrogen) atoms. The van der Waals surface area contributed by atoms with Gasteiger partial charge in [-0.15, -0.1) is 0 Å². The van der Waals surface area contributed by atoms with E-state index in [4.69, 9.17) is 12.2 Å². The lowest BCUT2D eigenvalue weighted by Gasteiger charge is -2.25. The van der Waals surface area contributed by atoms with Gasteiger partial charge in [0.2, 0.25) is 0 Å². The van der Waals surface area contributed by atoms with Gasteiger partial charge in [0.15, 0.2) is 5.11 Å². The maximum atomic E-state index is 5.40. The van der Waals surface area contributed by atoms with Crippen LogP contribution in [0.2, 0.25) is 0 Å². The number of unbranched alkanes of at least 4 members (excludes halogenated alkanes) is 1. The molecule has 5 heteroatoms. The number of benzene rings is 1. The smallest absolute Gasteiger partial charge is 0.189 e. The van der Waals surface area contributed by atoms with Gasteiger partial charge in [0.1, 0.15) is 5.66 Å². The summed E-state index contributed by atoms with van der Waals surface area (Å²) < 4.78 is 1.07. The van der Waals surface area contributed by atoms with Gasteiger partial charge in [0, 0.05) is 4.47 Å². The molecule has 2 rings (SSSR count). The number of nitrogens with one attached hydrogen (secondary N) is 2. The van der Waals surface area contributed by atoms with Crippen LogP contribution in [0.25, 0.3) is 0 Å². The van der Waals surface area contributed by atoms with Crippen molar-refractivity contribution in [1.29, 1.82) is 0 Å². The van der Waals surface area contributed by atoms with Crippen LogP contribution < -0.4 is 15.8 Å². The Morgan fingerprint density at radius 2 is 2.00 bits per heavy atom. The molecule has 0 unspecified atom stereocenters. The summed E-state index contributed by atoms with van der Waals surface area (Å²) in [5.74, 6) is 0. The van der Waals surface area contributed by atoms with E-state index in [-0.39, 0.29) is 5.66 Å². The molecule has 0 saturated carbocycles. The van der Waals surface area contributed by atoms with Gasteiger partial charge in [-0.2, -0.15) is 0 Å². The molecular weight excluding hydrogens is 310 g/mol. The number of hydrazine groups is 1. The first kappa shape index (κ1) is 13.8. The molecule has 2 N–H and O–H groups in total. The highest BCUT2D eigenvalue weighted by atomic mass is 79.9. The average molecular weight is 328 g/mol. The lowest BCUT2D eigenvalue weighted by molar-refractivity contribution is 0.337. The number of rotatable bonds is 4. The van der Waals surface area contributed by atoms with Crippen LogP contribution >= 0.6 is 28.1 Å². The molecular formula is C13H18BrN3S. The molecule has 3 nitrogen and oxygen atoms in total. The van der Waals surface area contributed by atoms with Gasteiger partial charge in [0.25, 0.3) is 0 Å². The minimum Gasteiger partial charge on any atom is -0.342 e. The first-order valence-corrected chi connectivity index (χ1v) is 7.40. The molecule has 1 aromatic rings. The first-order chi connectivity index (χ1) is 8.54. The van der Waals surface area contributed by atoms with E-state index >= 15 is 0 Å².